The Labute approximate surface area is 163 Å². The zero-order valence-electron chi connectivity index (χ0n) is 16.0. The summed E-state index contributed by atoms with van der Waals surface area (Å²) < 4.78 is 1.82. The van der Waals surface area contributed by atoms with E-state index in [4.69, 9.17) is 5.73 Å². The van der Waals surface area contributed by atoms with E-state index in [1.807, 2.05) is 28.9 Å². The van der Waals surface area contributed by atoms with Gasteiger partial charge in [-0.15, -0.1) is 0 Å². The molecule has 1 aliphatic heterocycles. The van der Waals surface area contributed by atoms with Crippen LogP contribution < -0.4 is 5.73 Å². The smallest absolute Gasteiger partial charge is 0.267 e. The van der Waals surface area contributed by atoms with Crippen LogP contribution in [-0.4, -0.2) is 50.0 Å². The lowest BCUT2D eigenvalue weighted by atomic mass is 10.0. The largest absolute Gasteiger partial charge is 0.373 e. The molecule has 0 radical (unpaired) electrons. The maximum Gasteiger partial charge on any atom is 0.267 e. The van der Waals surface area contributed by atoms with Crippen LogP contribution in [0, 0.1) is 11.8 Å². The average molecular weight is 380 g/mol. The predicted molar refractivity (Wildman–Crippen MR) is 104 cm³/mol. The number of benzene rings is 1. The molecular weight excluding hydrogens is 356 g/mol. The fourth-order valence-corrected chi connectivity index (χ4v) is 4.05. The molecule has 0 bridgehead atoms. The molecule has 0 spiro atoms. The lowest BCUT2D eigenvalue weighted by Crippen LogP contribution is -2.37. The van der Waals surface area contributed by atoms with Gasteiger partial charge in [0, 0.05) is 36.8 Å². The van der Waals surface area contributed by atoms with Gasteiger partial charge in [0.05, 0.1) is 5.69 Å². The first kappa shape index (κ1) is 18.7. The van der Waals surface area contributed by atoms with E-state index in [0.717, 1.165) is 29.8 Å². The summed E-state index contributed by atoms with van der Waals surface area (Å²) >= 11 is 0. The van der Waals surface area contributed by atoms with Crippen molar-refractivity contribution in [1.29, 1.82) is 0 Å². The Hall–Kier alpha value is -2.66. The number of hydrogen-bond donors (Lipinski definition) is 3. The number of likely N-dealkylation sites (tertiary alicyclic amines) is 1. The van der Waals surface area contributed by atoms with Gasteiger partial charge in [-0.2, -0.15) is 5.10 Å². The molecule has 0 saturated carbocycles. The summed E-state index contributed by atoms with van der Waals surface area (Å²) in [4.78, 5) is 13.6. The molecule has 4 rings (SSSR count). The van der Waals surface area contributed by atoms with Crippen LogP contribution >= 0.6 is 0 Å². The van der Waals surface area contributed by atoms with E-state index in [1.54, 1.807) is 7.05 Å². The third kappa shape index (κ3) is 3.00. The number of carbonyl (C=O) groups excluding carboxylic acids is 1. The normalized spacial score (nSPS) is 24.8. The molecule has 2 heterocycles. The summed E-state index contributed by atoms with van der Waals surface area (Å²) in [6, 6.07) is 7.46. The Morgan fingerprint density at radius 1 is 1.43 bits per heavy atom. The van der Waals surface area contributed by atoms with Crippen LogP contribution in [0.5, 0.6) is 0 Å². The van der Waals surface area contributed by atoms with Gasteiger partial charge in [0.2, 0.25) is 5.60 Å². The Bertz CT molecular complexity index is 1000. The molecule has 28 heavy (non-hydrogen) atoms. The molecule has 1 amide bonds. The number of carbonyl (C=O) groups is 1. The summed E-state index contributed by atoms with van der Waals surface area (Å²) in [7, 11) is 1.66. The summed E-state index contributed by atoms with van der Waals surface area (Å²) in [6.07, 6.45) is 1.05. The Balaban J connectivity index is 1.70. The lowest BCUT2D eigenvalue weighted by Gasteiger charge is -2.13. The van der Waals surface area contributed by atoms with Crippen molar-refractivity contribution in [3.05, 3.63) is 46.8 Å². The van der Waals surface area contributed by atoms with Gasteiger partial charge in [0.15, 0.2) is 0 Å². The topological polar surface area (TPSA) is 105 Å². The molecule has 7 nitrogen and oxygen atoms in total. The second-order valence-corrected chi connectivity index (χ2v) is 7.68. The highest BCUT2D eigenvalue weighted by Gasteiger charge is 2.42. The molecule has 1 aliphatic carbocycles. The number of nitrogens with two attached hydrogens (primary N) is 1. The minimum atomic E-state index is -1.62. The summed E-state index contributed by atoms with van der Waals surface area (Å²) in [5.74, 6) is 5.61. The van der Waals surface area contributed by atoms with Gasteiger partial charge >= 0.3 is 0 Å². The van der Waals surface area contributed by atoms with Gasteiger partial charge in [-0.05, 0) is 37.0 Å². The van der Waals surface area contributed by atoms with Gasteiger partial charge in [-0.3, -0.25) is 4.79 Å². The summed E-state index contributed by atoms with van der Waals surface area (Å²) in [5, 5.41) is 24.9. The van der Waals surface area contributed by atoms with E-state index in [1.165, 1.54) is 4.90 Å². The fourth-order valence-electron chi connectivity index (χ4n) is 4.05. The third-order valence-corrected chi connectivity index (χ3v) is 5.65. The van der Waals surface area contributed by atoms with E-state index in [-0.39, 0.29) is 5.91 Å². The standard InChI is InChI=1S/C21H24N4O3/c1-13-6-7-16-17(13)18(19(22)26)23-25(16)15-5-3-4-14(12-15)8-9-21(28)10-11-24(2)20(21)27/h3-5,12-13,19,26,28H,6-7,10-11,22H2,1-2H3/t13-,19?,21-/m0/s1. The molecular formula is C21H24N4O3. The number of nitrogens with zero attached hydrogens (tertiary/aromatic N) is 3. The lowest BCUT2D eigenvalue weighted by molar-refractivity contribution is -0.137. The van der Waals surface area contributed by atoms with E-state index < -0.39 is 11.8 Å². The van der Waals surface area contributed by atoms with Crippen LogP contribution in [-0.2, 0) is 11.2 Å². The second kappa shape index (κ2) is 6.74. The van der Waals surface area contributed by atoms with Crippen LogP contribution in [0.3, 0.4) is 0 Å². The molecule has 4 N–H and O–H groups in total. The van der Waals surface area contributed by atoms with E-state index in [9.17, 15) is 15.0 Å². The van der Waals surface area contributed by atoms with Crippen molar-refractivity contribution in [1.82, 2.24) is 14.7 Å². The molecule has 146 valence electrons. The fraction of sp³-hybridized carbons (Fsp3) is 0.429. The maximum absolute atomic E-state index is 12.1. The Kier molecular flexibility index (Phi) is 4.50. The zero-order valence-corrected chi connectivity index (χ0v) is 16.0. The van der Waals surface area contributed by atoms with Crippen LogP contribution in [0.2, 0.25) is 0 Å². The van der Waals surface area contributed by atoms with E-state index in [0.29, 0.717) is 30.1 Å². The van der Waals surface area contributed by atoms with E-state index >= 15 is 0 Å². The number of likely N-dealkylation sites (N-methyl/N-ethyl adjacent to an activating group) is 1. The molecule has 7 heteroatoms. The number of amides is 1. The van der Waals surface area contributed by atoms with Crippen molar-refractivity contribution in [2.75, 3.05) is 13.6 Å². The average Bonchev–Trinajstić information content (AvgIpc) is 3.31. The molecule has 1 aromatic carbocycles. The van der Waals surface area contributed by atoms with Gasteiger partial charge in [0.1, 0.15) is 11.9 Å². The van der Waals surface area contributed by atoms with Crippen molar-refractivity contribution in [3.8, 4) is 17.5 Å². The monoisotopic (exact) mass is 380 g/mol. The first-order chi connectivity index (χ1) is 13.3. The van der Waals surface area contributed by atoms with E-state index in [2.05, 4.69) is 23.9 Å². The molecule has 1 fully saturated rings. The van der Waals surface area contributed by atoms with Gasteiger partial charge < -0.3 is 20.8 Å². The molecule has 3 atom stereocenters. The van der Waals surface area contributed by atoms with Crippen LogP contribution in [0.4, 0.5) is 0 Å². The van der Waals surface area contributed by atoms with Crippen LogP contribution in [0.15, 0.2) is 24.3 Å². The molecule has 1 unspecified atom stereocenters. The number of aliphatic hydroxyl groups is 2. The Morgan fingerprint density at radius 2 is 2.21 bits per heavy atom. The highest BCUT2D eigenvalue weighted by atomic mass is 16.3. The first-order valence-electron chi connectivity index (χ1n) is 9.47. The minimum absolute atomic E-state index is 0.303. The number of aromatic nitrogens is 2. The quantitative estimate of drug-likeness (QED) is 0.528. The van der Waals surface area contributed by atoms with Crippen LogP contribution in [0.1, 0.15) is 54.4 Å². The number of aliphatic hydroxyl groups excluding tert-OH is 1. The highest BCUT2D eigenvalue weighted by Crippen LogP contribution is 2.37. The van der Waals surface area contributed by atoms with Crippen LogP contribution in [0.25, 0.3) is 5.69 Å². The minimum Gasteiger partial charge on any atom is -0.373 e. The number of hydrogen-bond acceptors (Lipinski definition) is 5. The molecule has 1 saturated heterocycles. The van der Waals surface area contributed by atoms with Gasteiger partial charge in [-0.25, -0.2) is 4.68 Å². The molecule has 2 aromatic rings. The maximum atomic E-state index is 12.1. The van der Waals surface area contributed by atoms with Crippen molar-refractivity contribution in [2.45, 2.75) is 43.9 Å². The summed E-state index contributed by atoms with van der Waals surface area (Å²) in [5.41, 5.74) is 8.20. The highest BCUT2D eigenvalue weighted by molar-refractivity contribution is 5.90. The second-order valence-electron chi connectivity index (χ2n) is 7.68. The zero-order chi connectivity index (χ0) is 20.1. The van der Waals surface area contributed by atoms with Crippen molar-refractivity contribution in [3.63, 3.8) is 0 Å². The van der Waals surface area contributed by atoms with Crippen molar-refractivity contribution < 1.29 is 15.0 Å². The van der Waals surface area contributed by atoms with Gasteiger partial charge in [0.25, 0.3) is 5.91 Å². The van der Waals surface area contributed by atoms with Crippen molar-refractivity contribution >= 4 is 5.91 Å². The molecule has 1 aromatic heterocycles. The first-order valence-corrected chi connectivity index (χ1v) is 9.47. The Morgan fingerprint density at radius 3 is 2.89 bits per heavy atom. The molecule has 2 aliphatic rings. The van der Waals surface area contributed by atoms with Gasteiger partial charge in [-0.1, -0.05) is 24.8 Å². The third-order valence-electron chi connectivity index (χ3n) is 5.65. The number of rotatable bonds is 2. The van der Waals surface area contributed by atoms with Crippen molar-refractivity contribution in [2.24, 2.45) is 5.73 Å². The predicted octanol–water partition coefficient (Wildman–Crippen LogP) is 0.816. The SMILES string of the molecule is C[C@H]1CCc2c1c(C(N)O)nn2-c1cccc(C#C[C@]2(O)CCN(C)C2=O)c1. The summed E-state index contributed by atoms with van der Waals surface area (Å²) in [6.45, 7) is 2.60. The number of fused-ring (bicyclic) bond motifs is 1.